The van der Waals surface area contributed by atoms with Crippen LogP contribution in [0.3, 0.4) is 0 Å². The van der Waals surface area contributed by atoms with Gasteiger partial charge in [0, 0.05) is 38.0 Å². The van der Waals surface area contributed by atoms with Gasteiger partial charge in [0.15, 0.2) is 0 Å². The van der Waals surface area contributed by atoms with Crippen LogP contribution in [-0.4, -0.2) is 44.7 Å². The summed E-state index contributed by atoms with van der Waals surface area (Å²) >= 11 is 0. The summed E-state index contributed by atoms with van der Waals surface area (Å²) in [6, 6.07) is 2.90. The summed E-state index contributed by atoms with van der Waals surface area (Å²) in [5, 5.41) is 10.9. The molecular weight excluding hydrogens is 334 g/mol. The van der Waals surface area contributed by atoms with Crippen molar-refractivity contribution in [2.24, 2.45) is 12.5 Å². The summed E-state index contributed by atoms with van der Waals surface area (Å²) < 4.78 is 7.03. The van der Waals surface area contributed by atoms with Gasteiger partial charge in [-0.25, -0.2) is 0 Å². The van der Waals surface area contributed by atoms with Crippen molar-refractivity contribution >= 4 is 11.9 Å². The Morgan fingerprint density at radius 2 is 2.00 bits per heavy atom. The van der Waals surface area contributed by atoms with Gasteiger partial charge in [-0.05, 0) is 44.1 Å². The van der Waals surface area contributed by atoms with Crippen molar-refractivity contribution in [2.75, 3.05) is 18.4 Å². The molecule has 1 saturated heterocycles. The lowest BCUT2D eigenvalue weighted by atomic mass is 9.93. The quantitative estimate of drug-likeness (QED) is 0.894. The molecule has 4 rings (SSSR count). The first kappa shape index (κ1) is 16.8. The minimum Gasteiger partial charge on any atom is -0.403 e. The van der Waals surface area contributed by atoms with E-state index in [1.165, 1.54) is 23.5 Å². The van der Waals surface area contributed by atoms with Gasteiger partial charge in [-0.1, -0.05) is 5.10 Å². The summed E-state index contributed by atoms with van der Waals surface area (Å²) in [5.74, 6) is 0.298. The molecule has 1 atom stereocenters. The highest BCUT2D eigenvalue weighted by Gasteiger charge is 2.45. The first-order valence-corrected chi connectivity index (χ1v) is 9.02. The molecule has 2 aromatic rings. The van der Waals surface area contributed by atoms with Crippen LogP contribution in [0.1, 0.15) is 32.6 Å². The highest BCUT2D eigenvalue weighted by Crippen LogP contribution is 2.53. The molecule has 8 heteroatoms. The Hall–Kier alpha value is -2.64. The fraction of sp³-hybridized carbons (Fsp3) is 0.556. The number of hydrogen-bond donors (Lipinski definition) is 1. The number of aromatic nitrogens is 3. The van der Waals surface area contributed by atoms with Crippen molar-refractivity contribution in [3.8, 4) is 11.5 Å². The maximum Gasteiger partial charge on any atom is 0.316 e. The molecule has 2 aliphatic rings. The van der Waals surface area contributed by atoms with Gasteiger partial charge in [0.05, 0.1) is 0 Å². The van der Waals surface area contributed by atoms with Crippen LogP contribution in [0.2, 0.25) is 0 Å². The topological polar surface area (TPSA) is 93.3 Å². The zero-order valence-electron chi connectivity index (χ0n) is 15.1. The molecule has 1 aliphatic carbocycles. The van der Waals surface area contributed by atoms with Crippen LogP contribution in [0, 0.1) is 5.41 Å². The second-order valence-electron chi connectivity index (χ2n) is 7.47. The van der Waals surface area contributed by atoms with Crippen LogP contribution in [-0.2, 0) is 11.8 Å². The predicted octanol–water partition coefficient (Wildman–Crippen LogP) is 1.64. The maximum atomic E-state index is 12.6. The van der Waals surface area contributed by atoms with E-state index in [0.29, 0.717) is 11.0 Å². The van der Waals surface area contributed by atoms with E-state index < -0.39 is 6.04 Å². The minimum absolute atomic E-state index is 0.0498. The third-order valence-corrected chi connectivity index (χ3v) is 5.58. The molecule has 1 aliphatic heterocycles. The maximum absolute atomic E-state index is 12.6. The molecular formula is C18H23N5O3. The van der Waals surface area contributed by atoms with Crippen LogP contribution in [0.4, 0.5) is 6.01 Å². The molecule has 2 fully saturated rings. The average Bonchev–Trinajstić information content (AvgIpc) is 3.22. The molecule has 1 unspecified atom stereocenters. The van der Waals surface area contributed by atoms with Gasteiger partial charge in [-0.15, -0.1) is 5.10 Å². The number of nitrogens with zero attached hydrogens (tertiary/aromatic N) is 4. The van der Waals surface area contributed by atoms with Crippen molar-refractivity contribution < 1.29 is 9.21 Å². The SMILES string of the molecule is CC(Nc1nnc(-c2ccn(C)c(=O)c2)o1)C(=O)N1CCC2(CC1)CC2. The Morgan fingerprint density at radius 1 is 1.27 bits per heavy atom. The molecule has 1 amide bonds. The number of amides is 1. The van der Waals surface area contributed by atoms with Gasteiger partial charge in [0.2, 0.25) is 11.8 Å². The lowest BCUT2D eigenvalue weighted by molar-refractivity contribution is -0.133. The zero-order valence-corrected chi connectivity index (χ0v) is 15.1. The number of nitrogens with one attached hydrogen (secondary N) is 1. The Bertz CT molecular complexity index is 873. The zero-order chi connectivity index (χ0) is 18.3. The molecule has 1 spiro atoms. The molecule has 0 aromatic carbocycles. The molecule has 1 saturated carbocycles. The van der Waals surface area contributed by atoms with Crippen LogP contribution >= 0.6 is 0 Å². The monoisotopic (exact) mass is 357 g/mol. The Labute approximate surface area is 151 Å². The van der Waals surface area contributed by atoms with Crippen molar-refractivity contribution in [3.63, 3.8) is 0 Å². The molecule has 138 valence electrons. The Kier molecular flexibility index (Phi) is 4.05. The first-order valence-electron chi connectivity index (χ1n) is 9.02. The van der Waals surface area contributed by atoms with E-state index in [0.717, 1.165) is 25.9 Å². The Balaban J connectivity index is 1.39. The van der Waals surface area contributed by atoms with E-state index >= 15 is 0 Å². The number of pyridine rings is 1. The molecule has 3 heterocycles. The number of likely N-dealkylation sites (tertiary alicyclic amines) is 1. The number of carbonyl (C=O) groups is 1. The summed E-state index contributed by atoms with van der Waals surface area (Å²) in [5.41, 5.74) is 0.942. The van der Waals surface area contributed by atoms with Crippen LogP contribution in [0.15, 0.2) is 27.5 Å². The molecule has 8 nitrogen and oxygen atoms in total. The average molecular weight is 357 g/mol. The van der Waals surface area contributed by atoms with Gasteiger partial charge in [0.25, 0.3) is 5.56 Å². The molecule has 2 aromatic heterocycles. The third kappa shape index (κ3) is 3.23. The van der Waals surface area contributed by atoms with Gasteiger partial charge >= 0.3 is 6.01 Å². The lowest BCUT2D eigenvalue weighted by Gasteiger charge is -2.33. The fourth-order valence-corrected chi connectivity index (χ4v) is 3.48. The van der Waals surface area contributed by atoms with Gasteiger partial charge in [0.1, 0.15) is 6.04 Å². The normalized spacial score (nSPS) is 19.4. The number of piperidine rings is 1. The van der Waals surface area contributed by atoms with E-state index in [-0.39, 0.29) is 23.4 Å². The summed E-state index contributed by atoms with van der Waals surface area (Å²) in [7, 11) is 1.67. The lowest BCUT2D eigenvalue weighted by Crippen LogP contribution is -2.45. The summed E-state index contributed by atoms with van der Waals surface area (Å²) in [4.78, 5) is 26.3. The highest BCUT2D eigenvalue weighted by molar-refractivity contribution is 5.83. The van der Waals surface area contributed by atoms with Crippen LogP contribution < -0.4 is 10.9 Å². The fourth-order valence-electron chi connectivity index (χ4n) is 3.48. The van der Waals surface area contributed by atoms with Gasteiger partial charge < -0.3 is 19.2 Å². The smallest absolute Gasteiger partial charge is 0.316 e. The Morgan fingerprint density at radius 3 is 2.65 bits per heavy atom. The molecule has 0 radical (unpaired) electrons. The third-order valence-electron chi connectivity index (χ3n) is 5.58. The second kappa shape index (κ2) is 6.26. The highest BCUT2D eigenvalue weighted by atomic mass is 16.4. The first-order chi connectivity index (χ1) is 12.5. The van der Waals surface area contributed by atoms with E-state index in [1.807, 2.05) is 4.90 Å². The number of anilines is 1. The van der Waals surface area contributed by atoms with Crippen molar-refractivity contribution in [3.05, 3.63) is 28.7 Å². The number of carbonyl (C=O) groups excluding carboxylic acids is 1. The predicted molar refractivity (Wildman–Crippen MR) is 95.5 cm³/mol. The number of aryl methyl sites for hydroxylation is 1. The summed E-state index contributed by atoms with van der Waals surface area (Å²) in [6.07, 6.45) is 6.49. The second-order valence-corrected chi connectivity index (χ2v) is 7.47. The van der Waals surface area contributed by atoms with Crippen molar-refractivity contribution in [1.29, 1.82) is 0 Å². The molecule has 26 heavy (non-hydrogen) atoms. The van der Waals surface area contributed by atoms with Crippen LogP contribution in [0.25, 0.3) is 11.5 Å². The van der Waals surface area contributed by atoms with Crippen molar-refractivity contribution in [2.45, 2.75) is 38.6 Å². The number of hydrogen-bond acceptors (Lipinski definition) is 6. The molecule has 1 N–H and O–H groups in total. The van der Waals surface area contributed by atoms with Gasteiger partial charge in [-0.2, -0.15) is 0 Å². The van der Waals surface area contributed by atoms with E-state index in [4.69, 9.17) is 4.42 Å². The minimum atomic E-state index is -0.444. The van der Waals surface area contributed by atoms with Crippen LogP contribution in [0.5, 0.6) is 0 Å². The number of rotatable bonds is 4. The van der Waals surface area contributed by atoms with E-state index in [9.17, 15) is 9.59 Å². The largest absolute Gasteiger partial charge is 0.403 e. The standard InChI is InChI=1S/C18H23N5O3/c1-12(16(25)23-9-6-18(4-5-18)7-10-23)19-17-21-20-15(26-17)13-3-8-22(2)14(24)11-13/h3,8,11-12H,4-7,9-10H2,1-2H3,(H,19,21). The van der Waals surface area contributed by atoms with Gasteiger partial charge in [-0.3, -0.25) is 9.59 Å². The van der Waals surface area contributed by atoms with E-state index in [2.05, 4.69) is 15.5 Å². The molecule has 0 bridgehead atoms. The summed E-state index contributed by atoms with van der Waals surface area (Å²) in [6.45, 7) is 3.45. The van der Waals surface area contributed by atoms with Crippen molar-refractivity contribution in [1.82, 2.24) is 19.7 Å². The van der Waals surface area contributed by atoms with E-state index in [1.54, 1.807) is 26.2 Å².